The third-order valence-electron chi connectivity index (χ3n) is 4.54. The van der Waals surface area contributed by atoms with Gasteiger partial charge in [-0.1, -0.05) is 6.42 Å². The van der Waals surface area contributed by atoms with Gasteiger partial charge in [-0.25, -0.2) is 0 Å². The lowest BCUT2D eigenvalue weighted by molar-refractivity contribution is 0.0373. The zero-order valence-corrected chi connectivity index (χ0v) is 12.7. The van der Waals surface area contributed by atoms with Crippen molar-refractivity contribution in [3.05, 3.63) is 24.0 Å². The van der Waals surface area contributed by atoms with Gasteiger partial charge in [0.05, 0.1) is 11.3 Å². The van der Waals surface area contributed by atoms with Gasteiger partial charge in [-0.2, -0.15) is 0 Å². The Morgan fingerprint density at radius 2 is 2.29 bits per heavy atom. The standard InChI is InChI=1S/C16H24N4O/c1-2-18-15-6-7-17-11-14(15)16(21)20-10-9-19-8-4-3-5-13(19)12-20/h6-7,11,13H,2-5,8-10,12H2,1H3,(H,17,18). The molecule has 114 valence electrons. The molecule has 5 nitrogen and oxygen atoms in total. The molecule has 3 heterocycles. The third kappa shape index (κ3) is 3.02. The fraction of sp³-hybridized carbons (Fsp3) is 0.625. The second-order valence-electron chi connectivity index (χ2n) is 5.89. The number of piperazine rings is 1. The Hall–Kier alpha value is -1.62. The molecule has 0 spiro atoms. The number of nitrogens with one attached hydrogen (secondary N) is 1. The summed E-state index contributed by atoms with van der Waals surface area (Å²) in [5.41, 5.74) is 1.59. The van der Waals surface area contributed by atoms with Gasteiger partial charge in [-0.3, -0.25) is 14.7 Å². The maximum absolute atomic E-state index is 12.8. The minimum absolute atomic E-state index is 0.115. The third-order valence-corrected chi connectivity index (χ3v) is 4.54. The molecular weight excluding hydrogens is 264 g/mol. The normalized spacial score (nSPS) is 22.7. The SMILES string of the molecule is CCNc1ccncc1C(=O)N1CCN2CCCCC2C1. The van der Waals surface area contributed by atoms with Crippen molar-refractivity contribution in [2.75, 3.05) is 38.0 Å². The van der Waals surface area contributed by atoms with Crippen molar-refractivity contribution in [2.24, 2.45) is 0 Å². The van der Waals surface area contributed by atoms with Crippen LogP contribution in [-0.4, -0.2) is 59.5 Å². The molecule has 1 unspecified atom stereocenters. The summed E-state index contributed by atoms with van der Waals surface area (Å²) in [5, 5.41) is 3.25. The van der Waals surface area contributed by atoms with Crippen LogP contribution in [-0.2, 0) is 0 Å². The Morgan fingerprint density at radius 3 is 3.14 bits per heavy atom. The molecule has 2 saturated heterocycles. The number of aromatic nitrogens is 1. The van der Waals surface area contributed by atoms with Gasteiger partial charge < -0.3 is 10.2 Å². The molecule has 2 aliphatic heterocycles. The molecule has 0 radical (unpaired) electrons. The van der Waals surface area contributed by atoms with Crippen LogP contribution in [0.4, 0.5) is 5.69 Å². The number of amides is 1. The quantitative estimate of drug-likeness (QED) is 0.922. The van der Waals surface area contributed by atoms with Gasteiger partial charge in [0.1, 0.15) is 0 Å². The molecule has 1 N–H and O–H groups in total. The minimum atomic E-state index is 0.115. The average Bonchev–Trinajstić information content (AvgIpc) is 2.54. The molecule has 1 amide bonds. The van der Waals surface area contributed by atoms with Crippen LogP contribution in [0.5, 0.6) is 0 Å². The van der Waals surface area contributed by atoms with Crippen molar-refractivity contribution < 1.29 is 4.79 Å². The zero-order valence-electron chi connectivity index (χ0n) is 12.7. The number of carbonyl (C=O) groups excluding carboxylic acids is 1. The second kappa shape index (κ2) is 6.43. The summed E-state index contributed by atoms with van der Waals surface area (Å²) >= 11 is 0. The molecule has 1 aromatic rings. The summed E-state index contributed by atoms with van der Waals surface area (Å²) < 4.78 is 0. The van der Waals surface area contributed by atoms with Gasteiger partial charge >= 0.3 is 0 Å². The fourth-order valence-electron chi connectivity index (χ4n) is 3.42. The number of anilines is 1. The van der Waals surface area contributed by atoms with Crippen LogP contribution in [0.2, 0.25) is 0 Å². The highest BCUT2D eigenvalue weighted by atomic mass is 16.2. The molecule has 0 aliphatic carbocycles. The van der Waals surface area contributed by atoms with Crippen LogP contribution in [0.1, 0.15) is 36.5 Å². The Morgan fingerprint density at radius 1 is 1.38 bits per heavy atom. The summed E-state index contributed by atoms with van der Waals surface area (Å²) in [6.45, 7) is 6.74. The van der Waals surface area contributed by atoms with Crippen molar-refractivity contribution in [1.29, 1.82) is 0 Å². The van der Waals surface area contributed by atoms with E-state index in [0.29, 0.717) is 11.6 Å². The first-order valence-corrected chi connectivity index (χ1v) is 8.01. The van der Waals surface area contributed by atoms with E-state index in [9.17, 15) is 4.79 Å². The minimum Gasteiger partial charge on any atom is -0.385 e. The van der Waals surface area contributed by atoms with E-state index < -0.39 is 0 Å². The molecule has 2 fully saturated rings. The number of piperidine rings is 1. The number of fused-ring (bicyclic) bond motifs is 1. The molecule has 5 heteroatoms. The Bertz CT molecular complexity index is 505. The van der Waals surface area contributed by atoms with E-state index >= 15 is 0 Å². The summed E-state index contributed by atoms with van der Waals surface area (Å²) in [6, 6.07) is 2.43. The van der Waals surface area contributed by atoms with Crippen LogP contribution >= 0.6 is 0 Å². The number of hydrogen-bond acceptors (Lipinski definition) is 4. The molecule has 3 rings (SSSR count). The summed E-state index contributed by atoms with van der Waals surface area (Å²) in [5.74, 6) is 0.115. The first kappa shape index (κ1) is 14.3. The number of nitrogens with zero attached hydrogens (tertiary/aromatic N) is 3. The summed E-state index contributed by atoms with van der Waals surface area (Å²) in [4.78, 5) is 21.5. The van der Waals surface area contributed by atoms with Crippen molar-refractivity contribution in [3.63, 3.8) is 0 Å². The molecule has 0 saturated carbocycles. The van der Waals surface area contributed by atoms with Gasteiger partial charge in [0.2, 0.25) is 0 Å². The first-order chi connectivity index (χ1) is 10.3. The highest BCUT2D eigenvalue weighted by Gasteiger charge is 2.31. The monoisotopic (exact) mass is 288 g/mol. The van der Waals surface area contributed by atoms with E-state index in [-0.39, 0.29) is 5.91 Å². The maximum atomic E-state index is 12.8. The van der Waals surface area contributed by atoms with Gasteiger partial charge in [0.25, 0.3) is 5.91 Å². The van der Waals surface area contributed by atoms with Crippen molar-refractivity contribution in [1.82, 2.24) is 14.8 Å². The fourth-order valence-corrected chi connectivity index (χ4v) is 3.42. The molecule has 0 aromatic carbocycles. The average molecular weight is 288 g/mol. The molecule has 1 aromatic heterocycles. The van der Waals surface area contributed by atoms with Crippen LogP contribution in [0.25, 0.3) is 0 Å². The number of hydrogen-bond donors (Lipinski definition) is 1. The predicted molar refractivity (Wildman–Crippen MR) is 83.5 cm³/mol. The van der Waals surface area contributed by atoms with Crippen LogP contribution < -0.4 is 5.32 Å². The lowest BCUT2D eigenvalue weighted by Gasteiger charge is -2.44. The van der Waals surface area contributed by atoms with Crippen molar-refractivity contribution in [2.45, 2.75) is 32.2 Å². The van der Waals surface area contributed by atoms with E-state index in [1.807, 2.05) is 17.9 Å². The molecule has 21 heavy (non-hydrogen) atoms. The number of rotatable bonds is 3. The smallest absolute Gasteiger partial charge is 0.257 e. The van der Waals surface area contributed by atoms with Crippen LogP contribution in [0, 0.1) is 0 Å². The molecule has 0 bridgehead atoms. The first-order valence-electron chi connectivity index (χ1n) is 8.01. The number of pyridine rings is 1. The molecule has 1 atom stereocenters. The summed E-state index contributed by atoms with van der Waals surface area (Å²) in [6.07, 6.45) is 7.23. The topological polar surface area (TPSA) is 48.5 Å². The maximum Gasteiger partial charge on any atom is 0.257 e. The highest BCUT2D eigenvalue weighted by molar-refractivity contribution is 5.99. The summed E-state index contributed by atoms with van der Waals surface area (Å²) in [7, 11) is 0. The highest BCUT2D eigenvalue weighted by Crippen LogP contribution is 2.23. The van der Waals surface area contributed by atoms with Gasteiger partial charge in [-0.15, -0.1) is 0 Å². The zero-order chi connectivity index (χ0) is 14.7. The lowest BCUT2D eigenvalue weighted by Crippen LogP contribution is -2.56. The van der Waals surface area contributed by atoms with E-state index in [1.165, 1.54) is 25.8 Å². The molecular formula is C16H24N4O. The van der Waals surface area contributed by atoms with Gasteiger partial charge in [-0.05, 0) is 32.4 Å². The van der Waals surface area contributed by atoms with E-state index in [4.69, 9.17) is 0 Å². The Kier molecular flexibility index (Phi) is 4.39. The van der Waals surface area contributed by atoms with Crippen molar-refractivity contribution >= 4 is 11.6 Å². The van der Waals surface area contributed by atoms with E-state index in [0.717, 1.165) is 31.9 Å². The van der Waals surface area contributed by atoms with E-state index in [2.05, 4.69) is 15.2 Å². The predicted octanol–water partition coefficient (Wildman–Crippen LogP) is 1.82. The largest absolute Gasteiger partial charge is 0.385 e. The van der Waals surface area contributed by atoms with Crippen molar-refractivity contribution in [3.8, 4) is 0 Å². The molecule has 2 aliphatic rings. The Balaban J connectivity index is 1.73. The van der Waals surface area contributed by atoms with Gasteiger partial charge in [0.15, 0.2) is 0 Å². The van der Waals surface area contributed by atoms with Gasteiger partial charge in [0, 0.05) is 44.6 Å². The second-order valence-corrected chi connectivity index (χ2v) is 5.89. The lowest BCUT2D eigenvalue weighted by atomic mass is 9.99. The van der Waals surface area contributed by atoms with E-state index in [1.54, 1.807) is 12.4 Å². The number of carbonyl (C=O) groups is 1. The Labute approximate surface area is 126 Å². The van der Waals surface area contributed by atoms with Crippen LogP contribution in [0.3, 0.4) is 0 Å². The van der Waals surface area contributed by atoms with Crippen LogP contribution in [0.15, 0.2) is 18.5 Å².